The van der Waals surface area contributed by atoms with Crippen LogP contribution >= 0.6 is 11.6 Å². The third kappa shape index (κ3) is 7.69. The third-order valence-corrected chi connectivity index (χ3v) is 6.61. The summed E-state index contributed by atoms with van der Waals surface area (Å²) in [5, 5.41) is 10.7. The highest BCUT2D eigenvalue weighted by molar-refractivity contribution is 8.00. The minimum Gasteiger partial charge on any atom is -0.483 e. The number of amides is 2. The van der Waals surface area contributed by atoms with Crippen molar-refractivity contribution >= 4 is 50.5 Å². The average Bonchev–Trinajstić information content (AvgIpc) is 2.84. The lowest BCUT2D eigenvalue weighted by Gasteiger charge is -2.26. The number of pyridine rings is 1. The Hall–Kier alpha value is -4.09. The molecule has 3 rings (SSSR count). The van der Waals surface area contributed by atoms with Gasteiger partial charge in [0.1, 0.15) is 11.6 Å². The van der Waals surface area contributed by atoms with E-state index in [4.69, 9.17) is 33.2 Å². The normalized spacial score (nSPS) is 12.3. The van der Waals surface area contributed by atoms with Crippen LogP contribution in [0, 0.1) is 5.41 Å². The van der Waals surface area contributed by atoms with Gasteiger partial charge >= 0.3 is 0 Å². The van der Waals surface area contributed by atoms with E-state index < -0.39 is 21.5 Å². The first kappa shape index (κ1) is 27.5. The van der Waals surface area contributed by atoms with Gasteiger partial charge in [0.05, 0.1) is 17.9 Å². The second-order valence-corrected chi connectivity index (χ2v) is 11.0. The number of primary amides is 1. The van der Waals surface area contributed by atoms with Crippen molar-refractivity contribution in [2.24, 2.45) is 11.5 Å². The monoisotopic (exact) mass is 542 g/mol. The number of nitrogen functional groups attached to an aromatic ring is 1. The highest BCUT2D eigenvalue weighted by Gasteiger charge is 2.18. The molecular formula is C25H27ClN6O4S. The molecule has 0 aliphatic rings. The van der Waals surface area contributed by atoms with Gasteiger partial charge in [-0.3, -0.25) is 24.3 Å². The van der Waals surface area contributed by atoms with Crippen LogP contribution in [0.3, 0.4) is 0 Å². The van der Waals surface area contributed by atoms with E-state index in [1.54, 1.807) is 46.9 Å². The number of aromatic nitrogens is 1. The minimum absolute atomic E-state index is 0.0322. The Morgan fingerprint density at radius 2 is 1.92 bits per heavy atom. The van der Waals surface area contributed by atoms with Gasteiger partial charge in [0.15, 0.2) is 6.61 Å². The maximum Gasteiger partial charge on any atom is 0.255 e. The molecule has 194 valence electrons. The number of halogens is 1. The summed E-state index contributed by atoms with van der Waals surface area (Å²) in [7, 11) is -2.74. The number of hydrogen-bond donors (Lipinski definition) is 4. The van der Waals surface area contributed by atoms with Crippen molar-refractivity contribution in [1.29, 1.82) is 5.41 Å². The number of hydrogen-bond acceptors (Lipinski definition) is 6. The molecule has 2 aromatic carbocycles. The van der Waals surface area contributed by atoms with E-state index in [1.165, 1.54) is 18.4 Å². The lowest BCUT2D eigenvalue weighted by Crippen LogP contribution is -2.30. The molecule has 10 nitrogen and oxygen atoms in total. The first-order valence-corrected chi connectivity index (χ1v) is 13.4. The molecule has 0 fully saturated rings. The highest BCUT2D eigenvalue weighted by atomic mass is 35.5. The highest BCUT2D eigenvalue weighted by Crippen LogP contribution is 2.26. The summed E-state index contributed by atoms with van der Waals surface area (Å²) in [4.78, 5) is 28.5. The van der Waals surface area contributed by atoms with E-state index in [2.05, 4.69) is 16.2 Å². The Morgan fingerprint density at radius 3 is 2.54 bits per heavy atom. The number of nitrogens with two attached hydrogens (primary N) is 2. The molecule has 1 aromatic heterocycles. The summed E-state index contributed by atoms with van der Waals surface area (Å²) in [6, 6.07) is 14.8. The fourth-order valence-corrected chi connectivity index (χ4v) is 4.55. The van der Waals surface area contributed by atoms with E-state index in [-0.39, 0.29) is 41.9 Å². The van der Waals surface area contributed by atoms with Gasteiger partial charge < -0.3 is 21.5 Å². The molecule has 0 aliphatic heterocycles. The van der Waals surface area contributed by atoms with Gasteiger partial charge in [-0.25, -0.2) is 4.21 Å². The van der Waals surface area contributed by atoms with Crippen LogP contribution in [0.1, 0.15) is 27.2 Å². The lowest BCUT2D eigenvalue weighted by molar-refractivity contribution is -0.119. The number of nitrogens with zero attached hydrogens (tertiary/aromatic N) is 2. The van der Waals surface area contributed by atoms with E-state index >= 15 is 0 Å². The number of ether oxygens (including phenoxy) is 1. The van der Waals surface area contributed by atoms with E-state index in [1.807, 2.05) is 6.07 Å². The average molecular weight is 543 g/mol. The number of rotatable bonds is 11. The van der Waals surface area contributed by atoms with Gasteiger partial charge in [-0.1, -0.05) is 29.8 Å². The summed E-state index contributed by atoms with van der Waals surface area (Å²) in [6.45, 7) is -0.151. The first-order valence-electron chi connectivity index (χ1n) is 10.9. The van der Waals surface area contributed by atoms with E-state index in [0.717, 1.165) is 0 Å². The Morgan fingerprint density at radius 1 is 1.16 bits per heavy atom. The Bertz CT molecular complexity index is 1430. The van der Waals surface area contributed by atoms with Crippen molar-refractivity contribution in [2.45, 2.75) is 13.1 Å². The fraction of sp³-hybridized carbons (Fsp3) is 0.160. The summed E-state index contributed by atoms with van der Waals surface area (Å²) >= 11 is 6.32. The fourth-order valence-electron chi connectivity index (χ4n) is 3.37. The van der Waals surface area contributed by atoms with E-state index in [0.29, 0.717) is 22.5 Å². The number of carbonyl (C=O) groups is 2. The van der Waals surface area contributed by atoms with E-state index in [9.17, 15) is 13.8 Å². The van der Waals surface area contributed by atoms with Crippen LogP contribution in [0.2, 0.25) is 5.02 Å². The summed E-state index contributed by atoms with van der Waals surface area (Å²) in [5.74, 6) is 2.73. The molecular weight excluding hydrogens is 516 g/mol. The second-order valence-electron chi connectivity index (χ2n) is 8.19. The molecule has 3 aromatic rings. The minimum atomic E-state index is -2.74. The first-order chi connectivity index (χ1) is 17.4. The largest absolute Gasteiger partial charge is 0.483 e. The van der Waals surface area contributed by atoms with Crippen molar-refractivity contribution in [3.8, 4) is 5.75 Å². The quantitative estimate of drug-likeness (QED) is 0.164. The van der Waals surface area contributed by atoms with Crippen molar-refractivity contribution in [1.82, 2.24) is 10.3 Å². The van der Waals surface area contributed by atoms with Crippen LogP contribution in [-0.2, 0) is 27.6 Å². The summed E-state index contributed by atoms with van der Waals surface area (Å²) < 4.78 is 20.0. The number of benzene rings is 2. The van der Waals surface area contributed by atoms with Crippen LogP contribution in [0.25, 0.3) is 0 Å². The van der Waals surface area contributed by atoms with Crippen LogP contribution < -0.4 is 25.8 Å². The molecule has 6 N–H and O–H groups in total. The molecule has 37 heavy (non-hydrogen) atoms. The van der Waals surface area contributed by atoms with Gasteiger partial charge in [-0.15, -0.1) is 0 Å². The molecule has 0 aliphatic carbocycles. The summed E-state index contributed by atoms with van der Waals surface area (Å²) in [5.41, 5.74) is 13.0. The predicted molar refractivity (Wildman–Crippen MR) is 146 cm³/mol. The van der Waals surface area contributed by atoms with Crippen LogP contribution in [0.4, 0.5) is 5.69 Å². The van der Waals surface area contributed by atoms with Crippen molar-refractivity contribution in [2.75, 3.05) is 17.2 Å². The number of nitrogens with one attached hydrogen (secondary N) is 2. The third-order valence-electron chi connectivity index (χ3n) is 5.12. The number of anilines is 1. The van der Waals surface area contributed by atoms with Gasteiger partial charge in [-0.05, 0) is 42.3 Å². The van der Waals surface area contributed by atoms with Crippen LogP contribution in [0.5, 0.6) is 5.75 Å². The summed E-state index contributed by atoms with van der Waals surface area (Å²) in [6.07, 6.45) is 3.13. The zero-order chi connectivity index (χ0) is 27.2. The van der Waals surface area contributed by atoms with Gasteiger partial charge in [0.25, 0.3) is 11.8 Å². The zero-order valence-corrected chi connectivity index (χ0v) is 21.6. The molecule has 12 heteroatoms. The molecule has 1 unspecified atom stereocenters. The molecule has 0 radical (unpaired) electrons. The second kappa shape index (κ2) is 11.8. The lowest BCUT2D eigenvalue weighted by atomic mass is 10.1. The van der Waals surface area contributed by atoms with Crippen molar-refractivity contribution < 1.29 is 18.5 Å². The smallest absolute Gasteiger partial charge is 0.255 e. The SMILES string of the molecule is C=S(C)(=O)N(Cc1ccccn1)c1cc(Cl)cc(C(=O)NCc2ccc(C(=N)N)cc2OCC(N)=O)c1. The molecule has 0 spiro atoms. The van der Waals surface area contributed by atoms with Gasteiger partial charge in [0, 0.05) is 50.4 Å². The molecule has 2 amide bonds. The Balaban J connectivity index is 1.85. The maximum absolute atomic E-state index is 13.0. The molecule has 0 saturated heterocycles. The zero-order valence-electron chi connectivity index (χ0n) is 20.1. The van der Waals surface area contributed by atoms with Crippen LogP contribution in [0.15, 0.2) is 60.8 Å². The molecule has 1 atom stereocenters. The number of carbonyl (C=O) groups excluding carboxylic acids is 2. The molecule has 0 bridgehead atoms. The topological polar surface area (TPSA) is 164 Å². The van der Waals surface area contributed by atoms with Crippen molar-refractivity contribution in [3.05, 3.63) is 88.2 Å². The van der Waals surface area contributed by atoms with Crippen LogP contribution in [-0.4, -0.2) is 45.6 Å². The van der Waals surface area contributed by atoms with Gasteiger partial charge in [0.2, 0.25) is 0 Å². The Kier molecular flexibility index (Phi) is 8.74. The van der Waals surface area contributed by atoms with Crippen molar-refractivity contribution in [3.63, 3.8) is 0 Å². The predicted octanol–water partition coefficient (Wildman–Crippen LogP) is 2.08. The molecule has 0 saturated carbocycles. The maximum atomic E-state index is 13.0. The Labute approximate surface area is 220 Å². The molecule has 1 heterocycles. The standard InChI is InChI=1S/C25H27ClN6O4S/c1-37(2,35)32(14-20-5-3-4-8-30-20)21-10-18(9-19(26)12-21)25(34)31-13-17-7-6-16(24(28)29)11-22(17)36-15-23(27)33/h3-12H,1,13-15H2,2H3,(H2,27,33)(H3,28,29)(H,31,34). The van der Waals surface area contributed by atoms with Gasteiger partial charge in [-0.2, -0.15) is 0 Å². The number of amidine groups is 1.